The van der Waals surface area contributed by atoms with Crippen molar-refractivity contribution in [2.24, 2.45) is 5.92 Å². The smallest absolute Gasteiger partial charge is 0.146 e. The van der Waals surface area contributed by atoms with E-state index in [9.17, 15) is 4.39 Å². The van der Waals surface area contributed by atoms with E-state index in [4.69, 9.17) is 23.1 Å². The van der Waals surface area contributed by atoms with Gasteiger partial charge in [0.1, 0.15) is 29.4 Å². The number of fused-ring (bicyclic) bond motifs is 2. The molecule has 3 aromatic heterocycles. The topological polar surface area (TPSA) is 95.6 Å². The maximum Gasteiger partial charge on any atom is 0.146 e. The van der Waals surface area contributed by atoms with Gasteiger partial charge in [-0.15, -0.1) is 0 Å². The SMILES string of the molecule is CC1CC(n2ccc3c(N)ncnc32)C=C1CCc1cc(F)c2cc(Cl)c(N)nc2c1. The Hall–Kier alpha value is -3.19. The van der Waals surface area contributed by atoms with Gasteiger partial charge in [-0.25, -0.2) is 19.3 Å². The number of hydrogen-bond acceptors (Lipinski definition) is 5. The molecule has 158 valence electrons. The van der Waals surface area contributed by atoms with E-state index in [1.807, 2.05) is 18.3 Å². The molecule has 8 heteroatoms. The van der Waals surface area contributed by atoms with Crippen molar-refractivity contribution in [2.75, 3.05) is 11.5 Å². The molecule has 2 unspecified atom stereocenters. The van der Waals surface area contributed by atoms with Gasteiger partial charge in [-0.1, -0.05) is 30.2 Å². The van der Waals surface area contributed by atoms with E-state index < -0.39 is 0 Å². The van der Waals surface area contributed by atoms with Crippen molar-refractivity contribution < 1.29 is 4.39 Å². The maximum atomic E-state index is 14.6. The van der Waals surface area contributed by atoms with E-state index in [-0.39, 0.29) is 22.7 Å². The molecule has 31 heavy (non-hydrogen) atoms. The molecule has 1 aromatic carbocycles. The van der Waals surface area contributed by atoms with Crippen LogP contribution < -0.4 is 11.5 Å². The number of nitrogens with zero attached hydrogens (tertiary/aromatic N) is 4. The monoisotopic (exact) mass is 436 g/mol. The van der Waals surface area contributed by atoms with E-state index in [0.717, 1.165) is 35.9 Å². The summed E-state index contributed by atoms with van der Waals surface area (Å²) in [6.45, 7) is 2.23. The quantitative estimate of drug-likeness (QED) is 0.435. The average Bonchev–Trinajstić information content (AvgIpc) is 3.32. The number of halogens is 2. The Bertz CT molecular complexity index is 1350. The number of rotatable bonds is 4. The molecule has 0 aliphatic heterocycles. The highest BCUT2D eigenvalue weighted by Crippen LogP contribution is 2.38. The molecular formula is C23H22ClFN6. The fourth-order valence-electron chi connectivity index (χ4n) is 4.48. The van der Waals surface area contributed by atoms with Crippen LogP contribution in [0.25, 0.3) is 21.9 Å². The average molecular weight is 437 g/mol. The molecule has 0 bridgehead atoms. The number of anilines is 2. The molecule has 0 spiro atoms. The summed E-state index contributed by atoms with van der Waals surface area (Å²) in [6, 6.07) is 7.16. The number of allylic oxidation sites excluding steroid dienone is 2. The van der Waals surface area contributed by atoms with Gasteiger partial charge < -0.3 is 16.0 Å². The molecule has 5 rings (SSSR count). The summed E-state index contributed by atoms with van der Waals surface area (Å²) in [5.41, 5.74) is 15.4. The fourth-order valence-corrected chi connectivity index (χ4v) is 4.64. The molecule has 0 amide bonds. The zero-order chi connectivity index (χ0) is 21.7. The first-order chi connectivity index (χ1) is 14.9. The van der Waals surface area contributed by atoms with Crippen molar-refractivity contribution in [3.63, 3.8) is 0 Å². The van der Waals surface area contributed by atoms with Crippen molar-refractivity contribution in [3.8, 4) is 0 Å². The third-order valence-corrected chi connectivity index (χ3v) is 6.46. The predicted molar refractivity (Wildman–Crippen MR) is 122 cm³/mol. The van der Waals surface area contributed by atoms with Crippen LogP contribution in [0.5, 0.6) is 0 Å². The lowest BCUT2D eigenvalue weighted by Crippen LogP contribution is -2.05. The largest absolute Gasteiger partial charge is 0.383 e. The van der Waals surface area contributed by atoms with Gasteiger partial charge in [0, 0.05) is 11.6 Å². The molecule has 1 aliphatic rings. The highest BCUT2D eigenvalue weighted by Gasteiger charge is 2.25. The summed E-state index contributed by atoms with van der Waals surface area (Å²) >= 11 is 5.99. The Kier molecular flexibility index (Phi) is 4.78. The van der Waals surface area contributed by atoms with Crippen molar-refractivity contribution in [1.29, 1.82) is 0 Å². The van der Waals surface area contributed by atoms with Gasteiger partial charge in [-0.05, 0) is 55.0 Å². The summed E-state index contributed by atoms with van der Waals surface area (Å²) in [5, 5.41) is 1.52. The Balaban J connectivity index is 1.39. The molecule has 0 radical (unpaired) electrons. The van der Waals surface area contributed by atoms with Crippen LogP contribution in [0, 0.1) is 11.7 Å². The Morgan fingerprint density at radius 2 is 1.97 bits per heavy atom. The highest BCUT2D eigenvalue weighted by molar-refractivity contribution is 6.33. The number of nitrogens with two attached hydrogens (primary N) is 2. The Morgan fingerprint density at radius 3 is 2.81 bits per heavy atom. The minimum absolute atomic E-state index is 0.212. The van der Waals surface area contributed by atoms with Gasteiger partial charge in [0.2, 0.25) is 0 Å². The zero-order valence-electron chi connectivity index (χ0n) is 17.0. The van der Waals surface area contributed by atoms with Crippen LogP contribution in [-0.4, -0.2) is 19.5 Å². The molecule has 0 fully saturated rings. The van der Waals surface area contributed by atoms with E-state index in [2.05, 4.69) is 32.5 Å². The molecule has 0 saturated heterocycles. The number of benzene rings is 1. The second kappa shape index (κ2) is 7.50. The third kappa shape index (κ3) is 3.49. The third-order valence-electron chi connectivity index (χ3n) is 6.16. The first-order valence-electron chi connectivity index (χ1n) is 10.2. The van der Waals surface area contributed by atoms with Gasteiger partial charge >= 0.3 is 0 Å². The lowest BCUT2D eigenvalue weighted by molar-refractivity contribution is 0.525. The number of aromatic nitrogens is 4. The maximum absolute atomic E-state index is 14.6. The second-order valence-corrected chi connectivity index (χ2v) is 8.57. The normalized spacial score (nSPS) is 18.7. The van der Waals surface area contributed by atoms with Crippen LogP contribution in [0.2, 0.25) is 5.02 Å². The minimum Gasteiger partial charge on any atom is -0.383 e. The first kappa shape index (κ1) is 19.8. The Morgan fingerprint density at radius 1 is 1.13 bits per heavy atom. The second-order valence-electron chi connectivity index (χ2n) is 8.16. The predicted octanol–water partition coefficient (Wildman–Crippen LogP) is 5.08. The number of aryl methyl sites for hydroxylation is 1. The highest BCUT2D eigenvalue weighted by atomic mass is 35.5. The summed E-state index contributed by atoms with van der Waals surface area (Å²) in [6.07, 6.45) is 8.39. The van der Waals surface area contributed by atoms with Crippen LogP contribution in [0.3, 0.4) is 0 Å². The zero-order valence-corrected chi connectivity index (χ0v) is 17.8. The molecule has 4 N–H and O–H groups in total. The first-order valence-corrected chi connectivity index (χ1v) is 10.6. The summed E-state index contributed by atoms with van der Waals surface area (Å²) in [7, 11) is 0. The van der Waals surface area contributed by atoms with Crippen LogP contribution in [0.15, 0.2) is 48.4 Å². The number of nitrogen functional groups attached to an aromatic ring is 2. The van der Waals surface area contributed by atoms with Crippen molar-refractivity contribution >= 4 is 45.2 Å². The van der Waals surface area contributed by atoms with E-state index in [0.29, 0.717) is 22.6 Å². The fraction of sp³-hybridized carbons (Fsp3) is 0.261. The van der Waals surface area contributed by atoms with Crippen molar-refractivity contribution in [1.82, 2.24) is 19.5 Å². The Labute approximate surface area is 183 Å². The van der Waals surface area contributed by atoms with E-state index in [1.54, 1.807) is 6.07 Å². The van der Waals surface area contributed by atoms with Crippen LogP contribution in [0.1, 0.15) is 31.4 Å². The minimum atomic E-state index is -0.329. The number of pyridine rings is 1. The molecule has 0 saturated carbocycles. The molecule has 4 aromatic rings. The van der Waals surface area contributed by atoms with Gasteiger partial charge in [-0.3, -0.25) is 0 Å². The molecule has 1 aliphatic carbocycles. The summed E-state index contributed by atoms with van der Waals surface area (Å²) < 4.78 is 16.7. The van der Waals surface area contributed by atoms with Gasteiger partial charge in [0.15, 0.2) is 0 Å². The van der Waals surface area contributed by atoms with Gasteiger partial charge in [-0.2, -0.15) is 0 Å². The standard InChI is InChI=1S/C23H22ClFN6/c1-12-6-15(31-5-4-16-21(26)28-11-29-23(16)31)9-14(12)3-2-13-7-19(25)17-10-18(24)22(27)30-20(17)8-13/h4-5,7-12,15H,2-3,6H2,1H3,(H2,27,30)(H2,26,28,29). The number of hydrogen-bond donors (Lipinski definition) is 2. The van der Waals surface area contributed by atoms with Gasteiger partial charge in [0.05, 0.1) is 22.0 Å². The lowest BCUT2D eigenvalue weighted by atomic mass is 9.96. The van der Waals surface area contributed by atoms with Crippen LogP contribution >= 0.6 is 11.6 Å². The molecule has 2 atom stereocenters. The molecule has 6 nitrogen and oxygen atoms in total. The summed E-state index contributed by atoms with van der Waals surface area (Å²) in [4.78, 5) is 12.7. The van der Waals surface area contributed by atoms with E-state index in [1.165, 1.54) is 18.0 Å². The van der Waals surface area contributed by atoms with Crippen LogP contribution in [0.4, 0.5) is 16.0 Å². The summed E-state index contributed by atoms with van der Waals surface area (Å²) in [5.74, 6) is 0.806. The van der Waals surface area contributed by atoms with Crippen molar-refractivity contribution in [3.05, 3.63) is 64.8 Å². The van der Waals surface area contributed by atoms with E-state index >= 15 is 0 Å². The van der Waals surface area contributed by atoms with Crippen LogP contribution in [-0.2, 0) is 6.42 Å². The van der Waals surface area contributed by atoms with Crippen molar-refractivity contribution in [2.45, 2.75) is 32.2 Å². The van der Waals surface area contributed by atoms with Gasteiger partial charge in [0.25, 0.3) is 0 Å². The molecular weight excluding hydrogens is 415 g/mol. The molecule has 3 heterocycles. The lowest BCUT2D eigenvalue weighted by Gasteiger charge is -2.13.